The van der Waals surface area contributed by atoms with Crippen LogP contribution in [0.2, 0.25) is 0 Å². The van der Waals surface area contributed by atoms with Crippen molar-refractivity contribution in [3.05, 3.63) is 191 Å². The summed E-state index contributed by atoms with van der Waals surface area (Å²) < 4.78 is 141. The molecule has 0 bridgehead atoms. The van der Waals surface area contributed by atoms with E-state index in [1.165, 1.54) is 18.3 Å². The van der Waals surface area contributed by atoms with Crippen LogP contribution in [-0.2, 0) is 37.3 Å². The topological polar surface area (TPSA) is 50.9 Å². The third-order valence-electron chi connectivity index (χ3n) is 13.2. The molecule has 0 saturated heterocycles. The van der Waals surface area contributed by atoms with E-state index in [0.29, 0.717) is 55.9 Å². The molecule has 0 saturated carbocycles. The molecule has 7 aromatic carbocycles. The van der Waals surface area contributed by atoms with Gasteiger partial charge in [0.1, 0.15) is 11.6 Å². The van der Waals surface area contributed by atoms with E-state index < -0.39 is 68.0 Å². The first-order valence-corrected chi connectivity index (χ1v) is 24.1. The summed E-state index contributed by atoms with van der Waals surface area (Å²) in [4.78, 5) is 10.2. The SMILES string of the molecule is [2H]c1c([2H])c(C(C([2H])([2H])[2H])(C([2H])([2H])[2H])C([2H])([2H])[2H])c([2H])c([2H])c1-c1ccnc(-c2[c-]c(-c3cccc4c3nc(-c3cc(C(C)C)cc(C(C)C)c3O)n4-c3ccc(-c4c(-c5ccccc5)cccc4C(C)(C)C)cc3C([2H])([2H])[2H])cc(C(C)(C)C)c2)c1.[Pt]. The number of pyridine rings is 1. The average molecular weight is 1140 g/mol. The molecule has 1 N–H and O–H groups in total. The number of imidazole rings is 1. The van der Waals surface area contributed by atoms with Crippen LogP contribution in [0.15, 0.2) is 152 Å². The molecule has 5 heteroatoms. The number of para-hydroxylation sites is 1. The summed E-state index contributed by atoms with van der Waals surface area (Å²) in [6.07, 6.45) is 1.38. The van der Waals surface area contributed by atoms with Crippen molar-refractivity contribution in [2.75, 3.05) is 0 Å². The van der Waals surface area contributed by atoms with Gasteiger partial charge >= 0.3 is 0 Å². The first-order valence-electron chi connectivity index (χ1n) is 32.1. The first kappa shape index (κ1) is 34.9. The molecule has 0 amide bonds. The third kappa shape index (κ3) is 10.2. The number of aryl methyl sites for hydroxylation is 1. The fourth-order valence-electron chi connectivity index (χ4n) is 9.26. The molecule has 0 fully saturated rings. The van der Waals surface area contributed by atoms with E-state index in [-0.39, 0.29) is 66.4 Å². The van der Waals surface area contributed by atoms with Crippen LogP contribution < -0.4 is 0 Å². The minimum Gasteiger partial charge on any atom is -0.507 e. The Morgan fingerprint density at radius 1 is 0.611 bits per heavy atom. The Labute approximate surface area is 466 Å². The summed E-state index contributed by atoms with van der Waals surface area (Å²) in [5.74, 6) is 0.213. The van der Waals surface area contributed by atoms with Gasteiger partial charge in [-0.1, -0.05) is 204 Å². The Morgan fingerprint density at radius 3 is 1.99 bits per heavy atom. The predicted octanol–water partition coefficient (Wildman–Crippen LogP) is 18.4. The number of aromatic nitrogens is 3. The molecule has 0 aliphatic carbocycles. The van der Waals surface area contributed by atoms with Crippen molar-refractivity contribution in [2.45, 2.75) is 125 Å². The number of hydrogen-bond donors (Lipinski definition) is 1. The van der Waals surface area contributed by atoms with E-state index >= 15 is 0 Å². The van der Waals surface area contributed by atoms with Crippen molar-refractivity contribution in [1.29, 1.82) is 0 Å². The first-order chi connectivity index (χ1) is 40.2. The van der Waals surface area contributed by atoms with Crippen LogP contribution in [0.25, 0.3) is 83.9 Å². The summed E-state index contributed by atoms with van der Waals surface area (Å²) in [6.45, 7) is 6.41. The van der Waals surface area contributed by atoms with Crippen LogP contribution in [0.1, 0.15) is 157 Å². The molecule has 0 spiro atoms. The second-order valence-corrected chi connectivity index (χ2v) is 21.2. The third-order valence-corrected chi connectivity index (χ3v) is 13.2. The smallest absolute Gasteiger partial charge is 0.148 e. The van der Waals surface area contributed by atoms with Gasteiger partial charge in [-0.3, -0.25) is 9.55 Å². The Hall–Kier alpha value is -6.35. The van der Waals surface area contributed by atoms with Gasteiger partial charge in [-0.2, -0.15) is 0 Å². The maximum atomic E-state index is 12.5. The number of phenols is 1. The number of phenolic OH excluding ortho intramolecular Hbond substituents is 1. The van der Waals surface area contributed by atoms with Gasteiger partial charge in [-0.25, -0.2) is 4.98 Å². The molecule has 9 aromatic rings. The molecule has 0 aliphatic rings. The van der Waals surface area contributed by atoms with Gasteiger partial charge in [-0.05, 0) is 126 Å². The van der Waals surface area contributed by atoms with Crippen molar-refractivity contribution in [2.24, 2.45) is 0 Å². The van der Waals surface area contributed by atoms with E-state index in [1.807, 2.05) is 130 Å². The van der Waals surface area contributed by atoms with Crippen LogP contribution in [-0.4, -0.2) is 19.6 Å². The van der Waals surface area contributed by atoms with E-state index in [2.05, 4.69) is 52.8 Å². The Morgan fingerprint density at radius 2 is 1.32 bits per heavy atom. The molecule has 9 rings (SSSR count). The fourth-order valence-corrected chi connectivity index (χ4v) is 9.26. The minimum absolute atomic E-state index is 0. The average Bonchev–Trinajstić information content (AvgIpc) is 0.778. The van der Waals surface area contributed by atoms with Crippen LogP contribution >= 0.6 is 0 Å². The van der Waals surface area contributed by atoms with Gasteiger partial charge in [0.05, 0.1) is 27.8 Å². The molecule has 2 aromatic heterocycles. The fraction of sp³-hybridized carbons (Fsp3) is 0.284. The van der Waals surface area contributed by atoms with E-state index in [1.54, 1.807) is 6.07 Å². The van der Waals surface area contributed by atoms with Crippen molar-refractivity contribution in [3.63, 3.8) is 0 Å². The molecular formula is C67H70N3OPt-. The Kier molecular flexibility index (Phi) is 9.66. The second kappa shape index (κ2) is 19.9. The van der Waals surface area contributed by atoms with Crippen molar-refractivity contribution in [1.82, 2.24) is 14.5 Å². The largest absolute Gasteiger partial charge is 0.507 e. The van der Waals surface area contributed by atoms with Gasteiger partial charge in [-0.15, -0.1) is 29.3 Å². The zero-order chi connectivity index (χ0) is 64.2. The number of benzene rings is 7. The predicted molar refractivity (Wildman–Crippen MR) is 301 cm³/mol. The monoisotopic (exact) mass is 1140 g/mol. The van der Waals surface area contributed by atoms with Gasteiger partial charge in [0.2, 0.25) is 0 Å². The molecule has 0 radical (unpaired) electrons. The molecule has 370 valence electrons. The van der Waals surface area contributed by atoms with Crippen LogP contribution in [0.4, 0.5) is 0 Å². The van der Waals surface area contributed by atoms with E-state index in [0.717, 1.165) is 33.4 Å². The summed E-state index contributed by atoms with van der Waals surface area (Å²) in [5, 5.41) is 12.5. The summed E-state index contributed by atoms with van der Waals surface area (Å²) in [7, 11) is 0. The van der Waals surface area contributed by atoms with Crippen molar-refractivity contribution in [3.8, 4) is 78.6 Å². The zero-order valence-corrected chi connectivity index (χ0v) is 44.7. The summed E-state index contributed by atoms with van der Waals surface area (Å²) in [5.41, 5.74) is 4.33. The number of fused-ring (bicyclic) bond motifs is 1. The van der Waals surface area contributed by atoms with Crippen LogP contribution in [0, 0.1) is 12.9 Å². The summed E-state index contributed by atoms with van der Waals surface area (Å²) in [6, 6.07) is 37.6. The number of nitrogens with zero attached hydrogens (tertiary/aromatic N) is 3. The molecule has 2 heterocycles. The maximum Gasteiger partial charge on any atom is 0.148 e. The Balaban J connectivity index is 0.0000100. The zero-order valence-electron chi connectivity index (χ0n) is 58.4. The molecule has 4 nitrogen and oxygen atoms in total. The molecule has 0 aliphatic heterocycles. The molecule has 0 atom stereocenters. The molecule has 0 unspecified atom stereocenters. The normalized spacial score (nSPS) is 16.2. The van der Waals surface area contributed by atoms with Crippen molar-refractivity contribution < 1.29 is 48.1 Å². The van der Waals surface area contributed by atoms with Crippen LogP contribution in [0.3, 0.4) is 0 Å². The van der Waals surface area contributed by atoms with Crippen molar-refractivity contribution >= 4 is 11.0 Å². The minimum atomic E-state index is -3.84. The second-order valence-electron chi connectivity index (χ2n) is 21.2. The number of hydrogen-bond acceptors (Lipinski definition) is 3. The van der Waals surface area contributed by atoms with Gasteiger partial charge < -0.3 is 5.11 Å². The number of aromatic hydroxyl groups is 1. The van der Waals surface area contributed by atoms with Crippen LogP contribution in [0.5, 0.6) is 5.75 Å². The van der Waals surface area contributed by atoms with E-state index in [9.17, 15) is 12.0 Å². The maximum absolute atomic E-state index is 12.5. The van der Waals surface area contributed by atoms with Gasteiger partial charge in [0.15, 0.2) is 0 Å². The summed E-state index contributed by atoms with van der Waals surface area (Å²) >= 11 is 0. The van der Waals surface area contributed by atoms with Gasteiger partial charge in [0.25, 0.3) is 0 Å². The molecule has 72 heavy (non-hydrogen) atoms. The molecular weight excluding hydrogens is 1060 g/mol. The van der Waals surface area contributed by atoms with Gasteiger partial charge in [0, 0.05) is 49.4 Å². The number of rotatable bonds is 9. The quantitative estimate of drug-likeness (QED) is 0.147. The standard InChI is InChI=1S/C67H70N3O.Pt/c1-41(2)48-38-55(42(3)4)63(71)56(39-48)64-69-62-54(49-35-50(37-52(36-49)66(9,10)11)58-40-46(32-33-68-58)44-26-29-51(30-27-44)65(6,7)8)23-19-25-60(62)70(64)59-31-28-47(34-43(59)5)61-53(45-20-16-15-17-21-45)22-18-24-57(61)67(12,13)14;/h15-34,36-42,71H,1-14H3;/q-1;/i5D3,6D3,7D3,8D3,26D,27D,29D,30D;. The Bertz CT molecular complexity index is 4080. The van der Waals surface area contributed by atoms with E-state index in [4.69, 9.17) is 25.0 Å².